The van der Waals surface area contributed by atoms with Crippen molar-refractivity contribution in [2.75, 3.05) is 28.3 Å². The lowest BCUT2D eigenvalue weighted by Crippen LogP contribution is -2.57. The van der Waals surface area contributed by atoms with E-state index in [1.165, 1.54) is 24.2 Å². The van der Waals surface area contributed by atoms with Crippen LogP contribution in [0.15, 0.2) is 103 Å². The summed E-state index contributed by atoms with van der Waals surface area (Å²) in [6, 6.07) is 22.0. The highest BCUT2D eigenvalue weighted by Crippen LogP contribution is 2.27. The van der Waals surface area contributed by atoms with Crippen molar-refractivity contribution in [2.45, 2.75) is 104 Å². The minimum atomic E-state index is -0.916. The Balaban J connectivity index is 1.54. The molecule has 4 rings (SSSR count). The van der Waals surface area contributed by atoms with Crippen LogP contribution in [0.4, 0.5) is 0 Å². The van der Waals surface area contributed by atoms with E-state index in [1.54, 1.807) is 13.2 Å². The summed E-state index contributed by atoms with van der Waals surface area (Å²) in [5, 5.41) is 9.01. The van der Waals surface area contributed by atoms with Gasteiger partial charge in [0.15, 0.2) is 0 Å². The maximum atomic E-state index is 14.2. The Kier molecular flexibility index (Phi) is 18.5. The summed E-state index contributed by atoms with van der Waals surface area (Å²) in [7, 11) is 6.78. The molecule has 12 nitrogen and oxygen atoms in total. The van der Waals surface area contributed by atoms with Gasteiger partial charge in [-0.25, -0.2) is 0 Å². The molecule has 3 aromatic carbocycles. The third-order valence-corrected chi connectivity index (χ3v) is 10.9. The number of hydrogen-bond donors (Lipinski definition) is 3. The van der Waals surface area contributed by atoms with Gasteiger partial charge in [0.05, 0.1) is 20.3 Å². The molecule has 5 amide bonds. The van der Waals surface area contributed by atoms with Gasteiger partial charge in [-0.15, -0.1) is 0 Å². The van der Waals surface area contributed by atoms with Crippen LogP contribution in [0.1, 0.15) is 71.9 Å². The predicted octanol–water partition coefficient (Wildman–Crippen LogP) is 6.49. The van der Waals surface area contributed by atoms with Gasteiger partial charge in [0.1, 0.15) is 29.6 Å². The van der Waals surface area contributed by atoms with E-state index in [4.69, 9.17) is 9.47 Å². The fraction of sp³-hybridized carbons (Fsp3) is 0.460. The third kappa shape index (κ3) is 14.2. The molecule has 62 heavy (non-hydrogen) atoms. The van der Waals surface area contributed by atoms with Crippen molar-refractivity contribution < 1.29 is 33.4 Å². The molecule has 3 aromatic rings. The molecule has 3 N–H and O–H groups in total. The largest absolute Gasteiger partial charge is 0.499 e. The van der Waals surface area contributed by atoms with Gasteiger partial charge in [-0.2, -0.15) is 0 Å². The summed E-state index contributed by atoms with van der Waals surface area (Å²) in [5.41, 5.74) is 3.99. The summed E-state index contributed by atoms with van der Waals surface area (Å²) in [6.45, 7) is 11.8. The lowest BCUT2D eigenvalue weighted by Gasteiger charge is -2.30. The van der Waals surface area contributed by atoms with E-state index in [0.29, 0.717) is 37.9 Å². The molecule has 0 spiro atoms. The second-order valence-electron chi connectivity index (χ2n) is 17.5. The number of benzene rings is 3. The zero-order valence-corrected chi connectivity index (χ0v) is 38.1. The Bertz CT molecular complexity index is 2000. The summed E-state index contributed by atoms with van der Waals surface area (Å²) in [4.78, 5) is 72.0. The minimum Gasteiger partial charge on any atom is -0.499 e. The number of carbonyl (C=O) groups excluding carboxylic acids is 5. The van der Waals surface area contributed by atoms with Crippen LogP contribution in [-0.4, -0.2) is 97.9 Å². The Hall–Kier alpha value is -5.75. The molecule has 0 fully saturated rings. The van der Waals surface area contributed by atoms with Crippen LogP contribution >= 0.6 is 0 Å². The number of carbonyl (C=O) groups is 5. The van der Waals surface area contributed by atoms with Crippen molar-refractivity contribution in [3.8, 4) is 16.9 Å². The summed E-state index contributed by atoms with van der Waals surface area (Å²) in [6.07, 6.45) is 6.39. The molecule has 0 aliphatic carbocycles. The number of nitrogens with one attached hydrogen (secondary N) is 3. The topological polar surface area (TPSA) is 146 Å². The average Bonchev–Trinajstić information content (AvgIpc) is 3.55. The molecule has 0 saturated heterocycles. The van der Waals surface area contributed by atoms with Gasteiger partial charge in [-0.05, 0) is 91.9 Å². The lowest BCUT2D eigenvalue weighted by atomic mass is 9.98. The number of nitrogens with zero attached hydrogens (tertiary/aromatic N) is 2. The third-order valence-electron chi connectivity index (χ3n) is 10.9. The van der Waals surface area contributed by atoms with Crippen LogP contribution in [0, 0.1) is 17.8 Å². The van der Waals surface area contributed by atoms with Crippen molar-refractivity contribution in [3.63, 3.8) is 0 Å². The first-order valence-electron chi connectivity index (χ1n) is 21.7. The molecule has 0 radical (unpaired) electrons. The molecular weight excluding hydrogens is 783 g/mol. The van der Waals surface area contributed by atoms with Gasteiger partial charge in [-0.1, -0.05) is 114 Å². The normalized spacial score (nSPS) is 16.0. The average molecular weight is 850 g/mol. The number of aryl methyl sites for hydroxylation is 1. The highest BCUT2D eigenvalue weighted by molar-refractivity contribution is 6.08. The van der Waals surface area contributed by atoms with Crippen molar-refractivity contribution in [1.29, 1.82) is 0 Å². The molecule has 0 aromatic heterocycles. The van der Waals surface area contributed by atoms with Gasteiger partial charge >= 0.3 is 0 Å². The van der Waals surface area contributed by atoms with Crippen LogP contribution in [0.2, 0.25) is 0 Å². The van der Waals surface area contributed by atoms with E-state index >= 15 is 0 Å². The molecule has 334 valence electrons. The van der Waals surface area contributed by atoms with Crippen molar-refractivity contribution in [2.24, 2.45) is 17.8 Å². The highest BCUT2D eigenvalue weighted by Gasteiger charge is 2.38. The first-order chi connectivity index (χ1) is 29.5. The van der Waals surface area contributed by atoms with E-state index in [2.05, 4.69) is 16.0 Å². The number of methoxy groups -OCH3 is 2. The Morgan fingerprint density at radius 2 is 1.26 bits per heavy atom. The van der Waals surface area contributed by atoms with E-state index in [-0.39, 0.29) is 23.7 Å². The fourth-order valence-corrected chi connectivity index (χ4v) is 7.87. The Morgan fingerprint density at radius 1 is 0.710 bits per heavy atom. The van der Waals surface area contributed by atoms with Crippen LogP contribution in [0.3, 0.4) is 0 Å². The van der Waals surface area contributed by atoms with Crippen LogP contribution in [0.25, 0.3) is 11.1 Å². The fourth-order valence-electron chi connectivity index (χ4n) is 7.87. The first kappa shape index (κ1) is 48.9. The van der Waals surface area contributed by atoms with Gasteiger partial charge in [-0.3, -0.25) is 33.8 Å². The number of likely N-dealkylation sites (N-methyl/N-ethyl adjacent to an activating group) is 1. The van der Waals surface area contributed by atoms with Crippen molar-refractivity contribution in [1.82, 2.24) is 25.8 Å². The summed E-state index contributed by atoms with van der Waals surface area (Å²) < 4.78 is 10.9. The lowest BCUT2D eigenvalue weighted by molar-refractivity contribution is -0.139. The Morgan fingerprint density at radius 3 is 1.77 bits per heavy atom. The maximum Gasteiger partial charge on any atom is 0.257 e. The number of imide groups is 1. The van der Waals surface area contributed by atoms with Gasteiger partial charge in [0.25, 0.3) is 11.8 Å². The second-order valence-corrected chi connectivity index (χ2v) is 17.5. The SMILES string of the molecule is COC1=CC(=O)N(C(=O)/C=C/[C@@H](CCc2ccccc2)NC(=O)[C@H](CC(C)C)NC(=O)[C@H](CC(C)C)NC(=O)[C@H](C(C)C)N(C)C)C1Cc1ccc(-c2ccc(OC)cc2)cc1. The monoisotopic (exact) mass is 850 g/mol. The predicted molar refractivity (Wildman–Crippen MR) is 244 cm³/mol. The molecule has 1 unspecified atom stereocenters. The molecule has 0 bridgehead atoms. The van der Waals surface area contributed by atoms with E-state index in [1.807, 2.05) is 139 Å². The second kappa shape index (κ2) is 23.5. The standard InChI is InChI=1S/C50H67N5O7/c1-32(2)28-41(52-49(59)42(29-33(3)4)53-50(60)47(34(5)6)54(7)8)48(58)51-39(23-18-35-14-12-11-13-15-35)24-27-45(56)55-43(44(62-10)31-46(55)57)30-36-16-19-37(20-17-36)38-21-25-40(61-9)26-22-38/h11-17,19-22,24-27,31-34,39,41-43,47H,18,23,28-30H2,1-10H3,(H,51,58)(H,52,59)(H,53,60)/b27-24+/t39-,41+,42+,43?,47+/m1/s1. The number of amides is 5. The smallest absolute Gasteiger partial charge is 0.257 e. The molecule has 1 aliphatic heterocycles. The van der Waals surface area contributed by atoms with E-state index < -0.39 is 53.8 Å². The molecule has 12 heteroatoms. The van der Waals surface area contributed by atoms with Gasteiger partial charge < -0.3 is 25.4 Å². The summed E-state index contributed by atoms with van der Waals surface area (Å²) >= 11 is 0. The van der Waals surface area contributed by atoms with E-state index in [0.717, 1.165) is 28.0 Å². The summed E-state index contributed by atoms with van der Waals surface area (Å²) in [5.74, 6) is -0.841. The van der Waals surface area contributed by atoms with Crippen molar-refractivity contribution >= 4 is 29.5 Å². The van der Waals surface area contributed by atoms with Gasteiger partial charge in [0, 0.05) is 24.6 Å². The first-order valence-corrected chi connectivity index (χ1v) is 21.7. The van der Waals surface area contributed by atoms with Gasteiger partial charge in [0.2, 0.25) is 17.7 Å². The molecule has 1 heterocycles. The molecular formula is C50H67N5O7. The number of hydrogen-bond acceptors (Lipinski definition) is 8. The van der Waals surface area contributed by atoms with Crippen LogP contribution in [-0.2, 0) is 41.6 Å². The van der Waals surface area contributed by atoms with Crippen molar-refractivity contribution in [3.05, 3.63) is 114 Å². The highest BCUT2D eigenvalue weighted by atomic mass is 16.5. The molecule has 0 saturated carbocycles. The number of rotatable bonds is 22. The van der Waals surface area contributed by atoms with Crippen LogP contribution < -0.4 is 20.7 Å². The number of ether oxygens (including phenoxy) is 2. The zero-order chi connectivity index (χ0) is 45.5. The van der Waals surface area contributed by atoms with E-state index in [9.17, 15) is 24.0 Å². The maximum absolute atomic E-state index is 14.2. The zero-order valence-electron chi connectivity index (χ0n) is 38.1. The quantitative estimate of drug-likeness (QED) is 0.0974. The minimum absolute atomic E-state index is 0.0106. The van der Waals surface area contributed by atoms with Crippen LogP contribution in [0.5, 0.6) is 5.75 Å². The molecule has 5 atom stereocenters. The Labute approximate surface area is 368 Å². The molecule has 1 aliphatic rings.